The Bertz CT molecular complexity index is 983. The minimum absolute atomic E-state index is 0.00535. The highest BCUT2D eigenvalue weighted by molar-refractivity contribution is 5.96. The molecule has 1 fully saturated rings. The summed E-state index contributed by atoms with van der Waals surface area (Å²) in [5.74, 6) is -3.26. The van der Waals surface area contributed by atoms with E-state index >= 15 is 0 Å². The zero-order chi connectivity index (χ0) is 28.4. The van der Waals surface area contributed by atoms with Crippen molar-refractivity contribution in [2.75, 3.05) is 6.54 Å². The second kappa shape index (κ2) is 14.5. The van der Waals surface area contributed by atoms with Crippen molar-refractivity contribution in [2.24, 2.45) is 23.3 Å². The molecule has 4 atom stereocenters. The van der Waals surface area contributed by atoms with Gasteiger partial charge in [-0.1, -0.05) is 58.0 Å². The van der Waals surface area contributed by atoms with Crippen LogP contribution < -0.4 is 22.1 Å². The van der Waals surface area contributed by atoms with E-state index in [1.165, 1.54) is 4.90 Å². The third kappa shape index (κ3) is 9.13. The molecule has 38 heavy (non-hydrogen) atoms. The molecule has 0 bridgehead atoms. The molecule has 11 heteroatoms. The van der Waals surface area contributed by atoms with Crippen LogP contribution in [0.2, 0.25) is 0 Å². The third-order valence-corrected chi connectivity index (χ3v) is 6.40. The summed E-state index contributed by atoms with van der Waals surface area (Å²) in [4.78, 5) is 65.2. The number of carbonyl (C=O) groups excluding carboxylic acids is 5. The first-order valence-electron chi connectivity index (χ1n) is 13.1. The Morgan fingerprint density at radius 2 is 1.68 bits per heavy atom. The summed E-state index contributed by atoms with van der Waals surface area (Å²) in [5, 5.41) is 5.23. The van der Waals surface area contributed by atoms with Gasteiger partial charge < -0.3 is 31.7 Å². The molecule has 210 valence electrons. The standard InChI is InChI=1S/C27H41N5O6/c1-16(2)13-19(28)25(35)30-20(14-22(33)38-15-18-9-6-5-7-10-18)26(36)31-23(17(3)4)27(37)32-12-8-11-21(32)24(29)34/h5-7,9-10,16-17,19-21,23H,8,11-15,28H2,1-4H3,(H2,29,34)(H,30,35)(H,31,36)/t19-,20-,21-,23-/m0/s1. The number of nitrogens with two attached hydrogens (primary N) is 2. The lowest BCUT2D eigenvalue weighted by Gasteiger charge is -2.31. The molecule has 1 aliphatic rings. The Labute approximate surface area is 224 Å². The van der Waals surface area contributed by atoms with Crippen LogP contribution in [0, 0.1) is 11.8 Å². The van der Waals surface area contributed by atoms with Gasteiger partial charge in [0.1, 0.15) is 24.7 Å². The number of nitrogens with one attached hydrogen (secondary N) is 2. The van der Waals surface area contributed by atoms with E-state index in [4.69, 9.17) is 16.2 Å². The van der Waals surface area contributed by atoms with E-state index in [0.717, 1.165) is 5.56 Å². The molecule has 0 aliphatic carbocycles. The van der Waals surface area contributed by atoms with Gasteiger partial charge in [-0.05, 0) is 36.7 Å². The monoisotopic (exact) mass is 531 g/mol. The minimum Gasteiger partial charge on any atom is -0.461 e. The molecule has 0 aromatic heterocycles. The summed E-state index contributed by atoms with van der Waals surface area (Å²) in [7, 11) is 0. The normalized spacial score (nSPS) is 17.6. The molecule has 2 rings (SSSR count). The van der Waals surface area contributed by atoms with E-state index in [0.29, 0.717) is 25.8 Å². The lowest BCUT2D eigenvalue weighted by Crippen LogP contribution is -2.59. The number of rotatable bonds is 13. The van der Waals surface area contributed by atoms with Gasteiger partial charge in [-0.3, -0.25) is 24.0 Å². The van der Waals surface area contributed by atoms with Crippen molar-refractivity contribution < 1.29 is 28.7 Å². The number of primary amides is 1. The molecule has 1 heterocycles. The molecule has 1 aromatic rings. The van der Waals surface area contributed by atoms with Gasteiger partial charge in [0.15, 0.2) is 0 Å². The van der Waals surface area contributed by atoms with Crippen molar-refractivity contribution in [1.82, 2.24) is 15.5 Å². The number of likely N-dealkylation sites (tertiary alicyclic amines) is 1. The lowest BCUT2D eigenvalue weighted by atomic mass is 10.0. The summed E-state index contributed by atoms with van der Waals surface area (Å²) in [6, 6.07) is 5.11. The van der Waals surface area contributed by atoms with E-state index < -0.39 is 60.2 Å². The summed E-state index contributed by atoms with van der Waals surface area (Å²) in [6.45, 7) is 7.67. The molecule has 1 aliphatic heterocycles. The van der Waals surface area contributed by atoms with Crippen molar-refractivity contribution in [3.05, 3.63) is 35.9 Å². The highest BCUT2D eigenvalue weighted by atomic mass is 16.5. The van der Waals surface area contributed by atoms with E-state index in [2.05, 4.69) is 10.6 Å². The third-order valence-electron chi connectivity index (χ3n) is 6.40. The fourth-order valence-corrected chi connectivity index (χ4v) is 4.34. The lowest BCUT2D eigenvalue weighted by molar-refractivity contribution is -0.148. The molecule has 0 radical (unpaired) electrons. The van der Waals surface area contributed by atoms with Crippen LogP contribution in [0.1, 0.15) is 58.9 Å². The van der Waals surface area contributed by atoms with Crippen LogP contribution in [-0.2, 0) is 35.3 Å². The maximum atomic E-state index is 13.3. The fourth-order valence-electron chi connectivity index (χ4n) is 4.34. The van der Waals surface area contributed by atoms with Crippen LogP contribution in [0.5, 0.6) is 0 Å². The first-order chi connectivity index (χ1) is 17.9. The van der Waals surface area contributed by atoms with Crippen molar-refractivity contribution in [2.45, 2.75) is 84.2 Å². The van der Waals surface area contributed by atoms with Crippen molar-refractivity contribution in [3.8, 4) is 0 Å². The summed E-state index contributed by atoms with van der Waals surface area (Å²) < 4.78 is 5.31. The van der Waals surface area contributed by atoms with E-state index in [9.17, 15) is 24.0 Å². The van der Waals surface area contributed by atoms with Crippen LogP contribution in [-0.4, -0.2) is 65.2 Å². The van der Waals surface area contributed by atoms with Gasteiger partial charge in [-0.2, -0.15) is 0 Å². The van der Waals surface area contributed by atoms with E-state index in [1.54, 1.807) is 26.0 Å². The molecule has 0 saturated carbocycles. The maximum absolute atomic E-state index is 13.3. The maximum Gasteiger partial charge on any atom is 0.308 e. The molecular formula is C27H41N5O6. The van der Waals surface area contributed by atoms with Crippen LogP contribution in [0.4, 0.5) is 0 Å². The number of hydrogen-bond donors (Lipinski definition) is 4. The van der Waals surface area contributed by atoms with E-state index in [-0.39, 0.29) is 18.4 Å². The highest BCUT2D eigenvalue weighted by Crippen LogP contribution is 2.20. The van der Waals surface area contributed by atoms with Gasteiger partial charge in [0.2, 0.25) is 23.6 Å². The molecule has 0 unspecified atom stereocenters. The second-order valence-electron chi connectivity index (χ2n) is 10.5. The number of hydrogen-bond acceptors (Lipinski definition) is 7. The Kier molecular flexibility index (Phi) is 11.7. The average Bonchev–Trinajstić information content (AvgIpc) is 3.35. The number of amides is 4. The average molecular weight is 532 g/mol. The molecule has 1 aromatic carbocycles. The molecule has 6 N–H and O–H groups in total. The first-order valence-corrected chi connectivity index (χ1v) is 13.1. The van der Waals surface area contributed by atoms with Crippen LogP contribution in [0.25, 0.3) is 0 Å². The Morgan fingerprint density at radius 3 is 2.26 bits per heavy atom. The van der Waals surface area contributed by atoms with Gasteiger partial charge in [-0.25, -0.2) is 0 Å². The largest absolute Gasteiger partial charge is 0.461 e. The minimum atomic E-state index is -1.32. The number of nitrogens with zero attached hydrogens (tertiary/aromatic N) is 1. The van der Waals surface area contributed by atoms with Crippen LogP contribution >= 0.6 is 0 Å². The number of ether oxygens (including phenoxy) is 1. The molecule has 11 nitrogen and oxygen atoms in total. The SMILES string of the molecule is CC(C)C[C@H](N)C(=O)N[C@@H](CC(=O)OCc1ccccc1)C(=O)N[C@H](C(=O)N1CCC[C@H]1C(N)=O)C(C)C. The Morgan fingerprint density at radius 1 is 1.03 bits per heavy atom. The zero-order valence-corrected chi connectivity index (χ0v) is 22.6. The van der Waals surface area contributed by atoms with Gasteiger partial charge in [0, 0.05) is 6.54 Å². The first kappa shape index (κ1) is 30.8. The van der Waals surface area contributed by atoms with Crippen LogP contribution in [0.15, 0.2) is 30.3 Å². The highest BCUT2D eigenvalue weighted by Gasteiger charge is 2.39. The topological polar surface area (TPSA) is 174 Å². The van der Waals surface area contributed by atoms with E-state index in [1.807, 2.05) is 32.0 Å². The Balaban J connectivity index is 2.17. The number of esters is 1. The number of carbonyl (C=O) groups is 5. The summed E-state index contributed by atoms with van der Waals surface area (Å²) in [6.07, 6.45) is 1.01. The quantitative estimate of drug-likeness (QED) is 0.270. The molecule has 1 saturated heterocycles. The summed E-state index contributed by atoms with van der Waals surface area (Å²) >= 11 is 0. The molecule has 0 spiro atoms. The molecular weight excluding hydrogens is 490 g/mol. The predicted molar refractivity (Wildman–Crippen MR) is 141 cm³/mol. The predicted octanol–water partition coefficient (Wildman–Crippen LogP) is 0.595. The van der Waals surface area contributed by atoms with Crippen molar-refractivity contribution >= 4 is 29.6 Å². The van der Waals surface area contributed by atoms with Crippen LogP contribution in [0.3, 0.4) is 0 Å². The summed E-state index contributed by atoms with van der Waals surface area (Å²) in [5.41, 5.74) is 12.2. The van der Waals surface area contributed by atoms with Gasteiger partial charge in [0.25, 0.3) is 0 Å². The fraction of sp³-hybridized carbons (Fsp3) is 0.593. The van der Waals surface area contributed by atoms with Crippen molar-refractivity contribution in [1.29, 1.82) is 0 Å². The zero-order valence-electron chi connectivity index (χ0n) is 22.6. The van der Waals surface area contributed by atoms with Gasteiger partial charge in [0.05, 0.1) is 12.5 Å². The Hall–Kier alpha value is -3.47. The van der Waals surface area contributed by atoms with Gasteiger partial charge in [-0.15, -0.1) is 0 Å². The second-order valence-corrected chi connectivity index (χ2v) is 10.5. The van der Waals surface area contributed by atoms with Gasteiger partial charge >= 0.3 is 5.97 Å². The molecule has 4 amide bonds. The smallest absolute Gasteiger partial charge is 0.308 e. The van der Waals surface area contributed by atoms with Crippen molar-refractivity contribution in [3.63, 3.8) is 0 Å². The number of benzene rings is 1.